The molecular weight excluding hydrogens is 346 g/mol. The molecule has 0 radical (unpaired) electrons. The Kier molecular flexibility index (Phi) is 4.90. The van der Waals surface area contributed by atoms with Crippen LogP contribution in [0.2, 0.25) is 0 Å². The predicted molar refractivity (Wildman–Crippen MR) is 105 cm³/mol. The highest BCUT2D eigenvalue weighted by Gasteiger charge is 2.21. The van der Waals surface area contributed by atoms with Crippen molar-refractivity contribution < 1.29 is 8.42 Å². The van der Waals surface area contributed by atoms with E-state index < -0.39 is 10.0 Å². The fourth-order valence-electron chi connectivity index (χ4n) is 2.99. The Morgan fingerprint density at radius 3 is 2.35 bits per heavy atom. The van der Waals surface area contributed by atoms with Crippen molar-refractivity contribution in [3.8, 4) is 0 Å². The van der Waals surface area contributed by atoms with Gasteiger partial charge in [-0.15, -0.1) is 0 Å². The zero-order valence-corrected chi connectivity index (χ0v) is 16.7. The molecule has 0 amide bonds. The van der Waals surface area contributed by atoms with Crippen LogP contribution >= 0.6 is 0 Å². The second kappa shape index (κ2) is 6.85. The molecule has 3 rings (SSSR count). The van der Waals surface area contributed by atoms with E-state index in [2.05, 4.69) is 31.0 Å². The minimum absolute atomic E-state index is 0.246. The largest absolute Gasteiger partial charge is 0.306 e. The third-order valence-corrected chi connectivity index (χ3v) is 6.66. The summed E-state index contributed by atoms with van der Waals surface area (Å²) in [7, 11) is 0.413. The molecule has 1 heterocycles. The highest BCUT2D eigenvalue weighted by atomic mass is 32.2. The lowest BCUT2D eigenvalue weighted by atomic mass is 9.99. The highest BCUT2D eigenvalue weighted by molar-refractivity contribution is 7.90. The predicted octanol–water partition coefficient (Wildman–Crippen LogP) is 3.38. The Bertz CT molecular complexity index is 1030. The molecule has 1 atom stereocenters. The molecule has 138 valence electrons. The molecule has 0 N–H and O–H groups in total. The van der Waals surface area contributed by atoms with Crippen molar-refractivity contribution >= 4 is 20.9 Å². The molecule has 2 aromatic carbocycles. The second-order valence-corrected chi connectivity index (χ2v) is 8.87. The van der Waals surface area contributed by atoms with Crippen LogP contribution in [-0.4, -0.2) is 42.6 Å². The number of fused-ring (bicyclic) bond motifs is 1. The molecule has 0 aliphatic rings. The molecule has 5 nitrogen and oxygen atoms in total. The molecule has 0 fully saturated rings. The van der Waals surface area contributed by atoms with Crippen LogP contribution in [0, 0.1) is 13.8 Å². The minimum atomic E-state index is -3.71. The number of hydrogen-bond donors (Lipinski definition) is 0. The number of aryl methyl sites for hydroxylation is 2. The van der Waals surface area contributed by atoms with Crippen LogP contribution in [-0.2, 0) is 16.4 Å². The summed E-state index contributed by atoms with van der Waals surface area (Å²) in [5.74, 6) is 0. The maximum absolute atomic E-state index is 13.0. The number of nitrogens with zero attached hydrogens (tertiary/aromatic N) is 3. The third kappa shape index (κ3) is 3.27. The second-order valence-electron chi connectivity index (χ2n) is 7.10. The molecule has 0 aliphatic heterocycles. The number of hydrogen-bond acceptors (Lipinski definition) is 4. The maximum atomic E-state index is 13.0. The summed E-state index contributed by atoms with van der Waals surface area (Å²) in [5, 5.41) is 5.08. The fourth-order valence-corrected chi connectivity index (χ4v) is 4.25. The first-order valence-corrected chi connectivity index (χ1v) is 10.1. The third-order valence-electron chi connectivity index (χ3n) is 5.05. The van der Waals surface area contributed by atoms with Gasteiger partial charge in [0, 0.05) is 11.4 Å². The standard InChI is InChI=1S/C20H25N3O2S/c1-14-6-9-18(10-7-14)26(24,25)23-20-11-8-17(12-15(2)22(4)5)16(3)19(20)13-21-23/h6-11,13,15H,12H2,1-5H3. The zero-order valence-electron chi connectivity index (χ0n) is 15.9. The molecule has 0 aliphatic carbocycles. The Morgan fingerprint density at radius 2 is 1.73 bits per heavy atom. The van der Waals surface area contributed by atoms with E-state index in [0.29, 0.717) is 11.6 Å². The van der Waals surface area contributed by atoms with Gasteiger partial charge in [-0.05, 0) is 70.6 Å². The molecule has 0 saturated carbocycles. The van der Waals surface area contributed by atoms with Crippen molar-refractivity contribution in [2.24, 2.45) is 0 Å². The van der Waals surface area contributed by atoms with E-state index in [0.717, 1.165) is 27.0 Å². The Labute approximate surface area is 155 Å². The van der Waals surface area contributed by atoms with Gasteiger partial charge in [0.2, 0.25) is 0 Å². The first-order chi connectivity index (χ1) is 12.2. The first-order valence-electron chi connectivity index (χ1n) is 8.66. The van der Waals surface area contributed by atoms with Gasteiger partial charge in [0.05, 0.1) is 16.6 Å². The van der Waals surface area contributed by atoms with Gasteiger partial charge in [0.1, 0.15) is 0 Å². The number of likely N-dealkylation sites (N-methyl/N-ethyl adjacent to an activating group) is 1. The smallest absolute Gasteiger partial charge is 0.283 e. The molecule has 26 heavy (non-hydrogen) atoms. The van der Waals surface area contributed by atoms with E-state index in [1.54, 1.807) is 30.5 Å². The van der Waals surface area contributed by atoms with Gasteiger partial charge in [0.25, 0.3) is 10.0 Å². The summed E-state index contributed by atoms with van der Waals surface area (Å²) in [4.78, 5) is 2.42. The SMILES string of the molecule is Cc1ccc(S(=O)(=O)n2ncc3c(C)c(CC(C)N(C)C)ccc32)cc1. The van der Waals surface area contributed by atoms with Crippen LogP contribution in [0.3, 0.4) is 0 Å². The summed E-state index contributed by atoms with van der Waals surface area (Å²) in [5.41, 5.74) is 3.93. The van der Waals surface area contributed by atoms with E-state index in [-0.39, 0.29) is 4.90 Å². The van der Waals surface area contributed by atoms with Gasteiger partial charge in [0.15, 0.2) is 0 Å². The normalized spacial score (nSPS) is 13.5. The maximum Gasteiger partial charge on any atom is 0.283 e. The van der Waals surface area contributed by atoms with Crippen molar-refractivity contribution in [2.75, 3.05) is 14.1 Å². The molecule has 3 aromatic rings. The number of benzene rings is 2. The fraction of sp³-hybridized carbons (Fsp3) is 0.350. The van der Waals surface area contributed by atoms with Crippen molar-refractivity contribution in [2.45, 2.75) is 38.1 Å². The van der Waals surface area contributed by atoms with E-state index in [1.807, 2.05) is 26.0 Å². The lowest BCUT2D eigenvalue weighted by Crippen LogP contribution is -2.26. The van der Waals surface area contributed by atoms with Gasteiger partial charge in [-0.3, -0.25) is 0 Å². The van der Waals surface area contributed by atoms with Gasteiger partial charge in [-0.25, -0.2) is 0 Å². The molecule has 6 heteroatoms. The number of rotatable bonds is 5. The van der Waals surface area contributed by atoms with Crippen LogP contribution in [0.15, 0.2) is 47.5 Å². The van der Waals surface area contributed by atoms with Gasteiger partial charge >= 0.3 is 0 Å². The van der Waals surface area contributed by atoms with Crippen molar-refractivity contribution in [3.05, 3.63) is 59.3 Å². The molecular formula is C20H25N3O2S. The zero-order chi connectivity index (χ0) is 19.1. The Balaban J connectivity index is 2.07. The minimum Gasteiger partial charge on any atom is -0.306 e. The van der Waals surface area contributed by atoms with Gasteiger partial charge in [-0.2, -0.15) is 17.6 Å². The number of aromatic nitrogens is 2. The van der Waals surface area contributed by atoms with Crippen LogP contribution in [0.4, 0.5) is 0 Å². The summed E-state index contributed by atoms with van der Waals surface area (Å²) in [6.45, 7) is 6.14. The van der Waals surface area contributed by atoms with E-state index >= 15 is 0 Å². The molecule has 0 saturated heterocycles. The Morgan fingerprint density at radius 1 is 1.08 bits per heavy atom. The van der Waals surface area contributed by atoms with E-state index in [1.165, 1.54) is 5.56 Å². The van der Waals surface area contributed by atoms with Gasteiger partial charge < -0.3 is 4.90 Å². The average Bonchev–Trinajstić information content (AvgIpc) is 3.03. The van der Waals surface area contributed by atoms with Crippen LogP contribution < -0.4 is 0 Å². The lowest BCUT2D eigenvalue weighted by molar-refractivity contribution is 0.312. The highest BCUT2D eigenvalue weighted by Crippen LogP contribution is 2.26. The van der Waals surface area contributed by atoms with Crippen LogP contribution in [0.25, 0.3) is 10.9 Å². The summed E-state index contributed by atoms with van der Waals surface area (Å²) in [6.07, 6.45) is 2.56. The lowest BCUT2D eigenvalue weighted by Gasteiger charge is -2.20. The summed E-state index contributed by atoms with van der Waals surface area (Å²) in [6, 6.07) is 11.1. The Hall–Kier alpha value is -2.18. The topological polar surface area (TPSA) is 55.2 Å². The van der Waals surface area contributed by atoms with Crippen molar-refractivity contribution in [1.29, 1.82) is 0 Å². The quantitative estimate of drug-likeness (QED) is 0.690. The van der Waals surface area contributed by atoms with E-state index in [9.17, 15) is 8.42 Å². The molecule has 0 bridgehead atoms. The van der Waals surface area contributed by atoms with Crippen molar-refractivity contribution in [1.82, 2.24) is 14.1 Å². The molecule has 1 aromatic heterocycles. The summed E-state index contributed by atoms with van der Waals surface area (Å²) >= 11 is 0. The van der Waals surface area contributed by atoms with E-state index in [4.69, 9.17) is 0 Å². The van der Waals surface area contributed by atoms with Crippen molar-refractivity contribution in [3.63, 3.8) is 0 Å². The van der Waals surface area contributed by atoms with Crippen LogP contribution in [0.1, 0.15) is 23.6 Å². The summed E-state index contributed by atoms with van der Waals surface area (Å²) < 4.78 is 27.1. The first kappa shape index (κ1) is 18.6. The van der Waals surface area contributed by atoms with Crippen LogP contribution in [0.5, 0.6) is 0 Å². The van der Waals surface area contributed by atoms with Gasteiger partial charge in [-0.1, -0.05) is 23.8 Å². The average molecular weight is 372 g/mol. The monoisotopic (exact) mass is 371 g/mol. The molecule has 0 spiro atoms. The molecule has 1 unspecified atom stereocenters.